The van der Waals surface area contributed by atoms with Gasteiger partial charge in [-0.25, -0.2) is 0 Å². The fourth-order valence-electron chi connectivity index (χ4n) is 5.10. The van der Waals surface area contributed by atoms with Gasteiger partial charge in [-0.1, -0.05) is 80.0 Å². The van der Waals surface area contributed by atoms with E-state index in [2.05, 4.69) is 86.6 Å². The molecule has 5 aromatic rings. The predicted molar refractivity (Wildman–Crippen MR) is 122 cm³/mol. The predicted octanol–water partition coefficient (Wildman–Crippen LogP) is 8.11. The summed E-state index contributed by atoms with van der Waals surface area (Å²) in [5.41, 5.74) is 5.29. The molecule has 1 aliphatic rings. The highest BCUT2D eigenvalue weighted by Crippen LogP contribution is 2.51. The maximum absolute atomic E-state index is 6.35. The van der Waals surface area contributed by atoms with Crippen LogP contribution in [0.3, 0.4) is 0 Å². The van der Waals surface area contributed by atoms with Crippen molar-refractivity contribution in [2.75, 3.05) is 0 Å². The van der Waals surface area contributed by atoms with E-state index in [0.29, 0.717) is 0 Å². The molecule has 0 spiro atoms. The van der Waals surface area contributed by atoms with Crippen LogP contribution in [0.2, 0.25) is 5.02 Å². The van der Waals surface area contributed by atoms with Gasteiger partial charge in [0.15, 0.2) is 0 Å². The molecule has 0 heterocycles. The average Bonchev–Trinajstić information content (AvgIpc) is 2.93. The number of halogens is 1. The molecule has 0 saturated heterocycles. The molecule has 0 radical (unpaired) electrons. The van der Waals surface area contributed by atoms with E-state index >= 15 is 0 Å². The zero-order valence-electron chi connectivity index (χ0n) is 15.9. The number of hydrogen-bond acceptors (Lipinski definition) is 0. The third kappa shape index (κ3) is 1.96. The second-order valence-corrected chi connectivity index (χ2v) is 8.79. The molecule has 6 rings (SSSR count). The van der Waals surface area contributed by atoms with Gasteiger partial charge in [0.05, 0.1) is 0 Å². The molecule has 5 aromatic carbocycles. The lowest BCUT2D eigenvalue weighted by atomic mass is 9.81. The molecule has 1 aliphatic carbocycles. The van der Waals surface area contributed by atoms with Crippen molar-refractivity contribution >= 4 is 43.9 Å². The van der Waals surface area contributed by atoms with Crippen LogP contribution in [0.5, 0.6) is 0 Å². The molecule has 0 aromatic heterocycles. The van der Waals surface area contributed by atoms with Crippen LogP contribution in [-0.4, -0.2) is 0 Å². The van der Waals surface area contributed by atoms with Crippen molar-refractivity contribution in [2.45, 2.75) is 19.3 Å². The molecule has 1 heteroatoms. The number of benzene rings is 5. The van der Waals surface area contributed by atoms with Crippen LogP contribution in [0.1, 0.15) is 25.0 Å². The third-order valence-corrected chi connectivity index (χ3v) is 6.74. The summed E-state index contributed by atoms with van der Waals surface area (Å²) in [7, 11) is 0. The van der Waals surface area contributed by atoms with Crippen molar-refractivity contribution in [3.05, 3.63) is 95.0 Å². The lowest BCUT2D eigenvalue weighted by molar-refractivity contribution is 0.661. The van der Waals surface area contributed by atoms with E-state index in [1.807, 2.05) is 6.07 Å². The summed E-state index contributed by atoms with van der Waals surface area (Å²) in [6.45, 7) is 4.62. The van der Waals surface area contributed by atoms with Gasteiger partial charge in [-0.2, -0.15) is 0 Å². The van der Waals surface area contributed by atoms with Crippen LogP contribution >= 0.6 is 11.6 Å². The van der Waals surface area contributed by atoms with Crippen molar-refractivity contribution < 1.29 is 0 Å². The number of fused-ring (bicyclic) bond motifs is 9. The molecule has 0 aliphatic heterocycles. The Kier molecular flexibility index (Phi) is 3.10. The summed E-state index contributed by atoms with van der Waals surface area (Å²) in [6, 6.07) is 28.7. The fourth-order valence-corrected chi connectivity index (χ4v) is 5.28. The maximum atomic E-state index is 6.35. The highest BCUT2D eigenvalue weighted by Gasteiger charge is 2.36. The highest BCUT2D eigenvalue weighted by molar-refractivity contribution is 6.31. The number of hydrogen-bond donors (Lipinski definition) is 0. The third-order valence-electron chi connectivity index (χ3n) is 6.50. The SMILES string of the molecule is CC1(C)c2cc(Cl)ccc2-c2cc3c4ccccc4c4ccccc4c3cc21. The topological polar surface area (TPSA) is 0 Å². The molecule has 0 N–H and O–H groups in total. The van der Waals surface area contributed by atoms with E-state index in [-0.39, 0.29) is 5.41 Å². The first-order valence-electron chi connectivity index (χ1n) is 9.74. The molecule has 28 heavy (non-hydrogen) atoms. The Morgan fingerprint density at radius 2 is 1.04 bits per heavy atom. The fraction of sp³-hybridized carbons (Fsp3) is 0.111. The smallest absolute Gasteiger partial charge is 0.0409 e. The molecule has 0 unspecified atom stereocenters. The van der Waals surface area contributed by atoms with E-state index < -0.39 is 0 Å². The first-order valence-corrected chi connectivity index (χ1v) is 10.1. The van der Waals surface area contributed by atoms with E-state index in [0.717, 1.165) is 5.02 Å². The van der Waals surface area contributed by atoms with Gasteiger partial charge < -0.3 is 0 Å². The van der Waals surface area contributed by atoms with E-state index in [9.17, 15) is 0 Å². The van der Waals surface area contributed by atoms with Gasteiger partial charge in [0, 0.05) is 10.4 Å². The van der Waals surface area contributed by atoms with Gasteiger partial charge in [0.1, 0.15) is 0 Å². The number of rotatable bonds is 0. The Balaban J connectivity index is 1.85. The van der Waals surface area contributed by atoms with Crippen molar-refractivity contribution in [3.8, 4) is 11.1 Å². The van der Waals surface area contributed by atoms with Crippen LogP contribution in [0.15, 0.2) is 78.9 Å². The lowest BCUT2D eigenvalue weighted by Gasteiger charge is -2.22. The van der Waals surface area contributed by atoms with Crippen LogP contribution in [0.25, 0.3) is 43.4 Å². The summed E-state index contributed by atoms with van der Waals surface area (Å²) < 4.78 is 0. The molecule has 134 valence electrons. The molecule has 0 fully saturated rings. The second-order valence-electron chi connectivity index (χ2n) is 8.35. The molecular weight excluding hydrogens is 360 g/mol. The summed E-state index contributed by atoms with van der Waals surface area (Å²) in [4.78, 5) is 0. The minimum Gasteiger partial charge on any atom is -0.0843 e. The Hall–Kier alpha value is -2.83. The minimum atomic E-state index is -0.0590. The minimum absolute atomic E-state index is 0.0590. The monoisotopic (exact) mass is 378 g/mol. The summed E-state index contributed by atoms with van der Waals surface area (Å²) >= 11 is 6.35. The second kappa shape index (κ2) is 5.37. The molecule has 0 nitrogen and oxygen atoms in total. The zero-order chi connectivity index (χ0) is 19.0. The van der Waals surface area contributed by atoms with Crippen LogP contribution in [0, 0.1) is 0 Å². The van der Waals surface area contributed by atoms with Gasteiger partial charge in [-0.3, -0.25) is 0 Å². The zero-order valence-corrected chi connectivity index (χ0v) is 16.6. The first kappa shape index (κ1) is 16.2. The Bertz CT molecular complexity index is 1440. The molecule has 0 saturated carbocycles. The quantitative estimate of drug-likeness (QED) is 0.239. The Morgan fingerprint density at radius 3 is 1.64 bits per heavy atom. The summed E-state index contributed by atoms with van der Waals surface area (Å²) in [5, 5.41) is 8.75. The van der Waals surface area contributed by atoms with Gasteiger partial charge in [0.2, 0.25) is 0 Å². The lowest BCUT2D eigenvalue weighted by Crippen LogP contribution is -2.14. The largest absolute Gasteiger partial charge is 0.0843 e. The average molecular weight is 379 g/mol. The maximum Gasteiger partial charge on any atom is 0.0409 e. The van der Waals surface area contributed by atoms with Gasteiger partial charge in [-0.05, 0) is 78.8 Å². The van der Waals surface area contributed by atoms with E-state index in [1.54, 1.807) is 0 Å². The molecule has 0 atom stereocenters. The van der Waals surface area contributed by atoms with Gasteiger partial charge >= 0.3 is 0 Å². The van der Waals surface area contributed by atoms with Crippen molar-refractivity contribution in [1.82, 2.24) is 0 Å². The van der Waals surface area contributed by atoms with Gasteiger partial charge in [0.25, 0.3) is 0 Å². The molecular formula is C27H19Cl. The van der Waals surface area contributed by atoms with Crippen molar-refractivity contribution in [2.24, 2.45) is 0 Å². The first-order chi connectivity index (χ1) is 13.6. The summed E-state index contributed by atoms with van der Waals surface area (Å²) in [5.74, 6) is 0. The van der Waals surface area contributed by atoms with Gasteiger partial charge in [-0.15, -0.1) is 0 Å². The van der Waals surface area contributed by atoms with Crippen LogP contribution in [0.4, 0.5) is 0 Å². The van der Waals surface area contributed by atoms with Crippen molar-refractivity contribution in [1.29, 1.82) is 0 Å². The van der Waals surface area contributed by atoms with Crippen LogP contribution in [-0.2, 0) is 5.41 Å². The summed E-state index contributed by atoms with van der Waals surface area (Å²) in [6.07, 6.45) is 0. The normalized spacial score (nSPS) is 14.5. The van der Waals surface area contributed by atoms with Crippen LogP contribution < -0.4 is 0 Å². The highest BCUT2D eigenvalue weighted by atomic mass is 35.5. The Labute approximate surface area is 169 Å². The van der Waals surface area contributed by atoms with E-state index in [4.69, 9.17) is 11.6 Å². The molecule has 0 bridgehead atoms. The standard InChI is InChI=1S/C27H19Cl/c1-27(2)25-13-16(28)11-12-21(25)24-14-22-19-9-5-3-7-17(19)18-8-4-6-10-20(18)23(22)15-26(24)27/h3-15H,1-2H3. The molecule has 0 amide bonds. The van der Waals surface area contributed by atoms with E-state index in [1.165, 1.54) is 54.6 Å². The van der Waals surface area contributed by atoms with Crippen molar-refractivity contribution in [3.63, 3.8) is 0 Å². The Morgan fingerprint density at radius 1 is 0.536 bits per heavy atom.